The monoisotopic (exact) mass is 295 g/mol. The maximum absolute atomic E-state index is 10.8. The molecule has 0 aromatic rings. The fraction of sp³-hybridized carbons (Fsp3) is 0.944. The number of hydrogen-bond acceptors (Lipinski definition) is 2. The molecule has 0 spiro atoms. The Morgan fingerprint density at radius 3 is 2.29 bits per heavy atom. The van der Waals surface area contributed by atoms with Crippen LogP contribution >= 0.6 is 0 Å². The summed E-state index contributed by atoms with van der Waals surface area (Å²) < 4.78 is 0. The molecule has 2 fully saturated rings. The van der Waals surface area contributed by atoms with Crippen molar-refractivity contribution in [2.75, 3.05) is 13.1 Å². The minimum absolute atomic E-state index is 0.366. The van der Waals surface area contributed by atoms with E-state index in [4.69, 9.17) is 5.11 Å². The molecule has 3 nitrogen and oxygen atoms in total. The van der Waals surface area contributed by atoms with Gasteiger partial charge in [0.25, 0.3) is 0 Å². The van der Waals surface area contributed by atoms with Gasteiger partial charge in [-0.05, 0) is 68.9 Å². The molecular formula is C18H33NO2. The van der Waals surface area contributed by atoms with Gasteiger partial charge in [-0.1, -0.05) is 27.2 Å². The number of carboxylic acids is 1. The first kappa shape index (κ1) is 16.8. The zero-order valence-corrected chi connectivity index (χ0v) is 14.1. The summed E-state index contributed by atoms with van der Waals surface area (Å²) in [4.78, 5) is 13.5. The van der Waals surface area contributed by atoms with Crippen molar-refractivity contribution in [3.63, 3.8) is 0 Å². The van der Waals surface area contributed by atoms with Crippen LogP contribution in [0.25, 0.3) is 0 Å². The second-order valence-corrected chi connectivity index (χ2v) is 8.30. The van der Waals surface area contributed by atoms with Crippen molar-refractivity contribution in [3.05, 3.63) is 0 Å². The van der Waals surface area contributed by atoms with E-state index in [2.05, 4.69) is 25.7 Å². The molecule has 2 unspecified atom stereocenters. The van der Waals surface area contributed by atoms with E-state index in [1.165, 1.54) is 32.1 Å². The van der Waals surface area contributed by atoms with E-state index in [-0.39, 0.29) is 0 Å². The molecule has 3 heteroatoms. The highest BCUT2D eigenvalue weighted by Crippen LogP contribution is 2.38. The first-order chi connectivity index (χ1) is 9.86. The highest BCUT2D eigenvalue weighted by Gasteiger charge is 2.31. The quantitative estimate of drug-likeness (QED) is 0.794. The lowest BCUT2D eigenvalue weighted by Gasteiger charge is -2.37. The maximum atomic E-state index is 10.8. The molecule has 122 valence electrons. The third-order valence-corrected chi connectivity index (χ3v) is 5.79. The van der Waals surface area contributed by atoms with Crippen LogP contribution in [-0.4, -0.2) is 35.1 Å². The van der Waals surface area contributed by atoms with Crippen LogP contribution in [0, 0.1) is 17.3 Å². The Labute approximate surface area is 130 Å². The highest BCUT2D eigenvalue weighted by molar-refractivity contribution is 5.67. The third-order valence-electron chi connectivity index (χ3n) is 5.79. The average molecular weight is 295 g/mol. The largest absolute Gasteiger partial charge is 0.481 e. The van der Waals surface area contributed by atoms with Crippen molar-refractivity contribution in [1.82, 2.24) is 4.90 Å². The summed E-state index contributed by atoms with van der Waals surface area (Å²) in [5.74, 6) is 0.648. The molecule has 1 aliphatic carbocycles. The zero-order chi connectivity index (χ0) is 15.5. The second kappa shape index (κ2) is 7.13. The molecule has 0 radical (unpaired) electrons. The molecule has 2 aliphatic rings. The average Bonchev–Trinajstić information content (AvgIpc) is 2.64. The summed E-state index contributed by atoms with van der Waals surface area (Å²) in [7, 11) is 0. The van der Waals surface area contributed by atoms with Gasteiger partial charge in [-0.15, -0.1) is 0 Å². The number of hydrogen-bond donors (Lipinski definition) is 1. The van der Waals surface area contributed by atoms with E-state index in [9.17, 15) is 4.79 Å². The number of carboxylic acid groups (broad SMARTS) is 1. The van der Waals surface area contributed by atoms with Crippen LogP contribution in [0.2, 0.25) is 0 Å². The number of nitrogens with zero attached hydrogens (tertiary/aromatic N) is 1. The van der Waals surface area contributed by atoms with Crippen LogP contribution in [0.3, 0.4) is 0 Å². The molecule has 2 atom stereocenters. The molecule has 0 aromatic heterocycles. The number of rotatable bonds is 3. The summed E-state index contributed by atoms with van der Waals surface area (Å²) in [6.07, 6.45) is 9.31. The van der Waals surface area contributed by atoms with E-state index < -0.39 is 5.97 Å². The van der Waals surface area contributed by atoms with E-state index in [1.54, 1.807) is 0 Å². The second-order valence-electron chi connectivity index (χ2n) is 8.30. The smallest absolute Gasteiger partial charge is 0.303 e. The lowest BCUT2D eigenvalue weighted by atomic mass is 9.76. The van der Waals surface area contributed by atoms with Gasteiger partial charge in [0.05, 0.1) is 0 Å². The molecule has 1 heterocycles. The molecule has 1 N–H and O–H groups in total. The number of aliphatic carboxylic acids is 1. The standard InChI is InChI=1S/C18H33NO2/c1-18(2,3)15-5-4-6-16(8-7-15)19-11-9-14(10-12-19)13-17(20)21/h14-16H,4-13H2,1-3H3,(H,20,21). The van der Waals surface area contributed by atoms with Gasteiger partial charge in [-0.3, -0.25) is 4.79 Å². The topological polar surface area (TPSA) is 40.5 Å². The summed E-state index contributed by atoms with van der Waals surface area (Å²) in [5, 5.41) is 8.91. The van der Waals surface area contributed by atoms with Crippen molar-refractivity contribution in [2.24, 2.45) is 17.3 Å². The maximum Gasteiger partial charge on any atom is 0.303 e. The number of likely N-dealkylation sites (tertiary alicyclic amines) is 1. The molecule has 0 bridgehead atoms. The molecule has 1 aliphatic heterocycles. The van der Waals surface area contributed by atoms with Crippen LogP contribution in [0.15, 0.2) is 0 Å². The van der Waals surface area contributed by atoms with Gasteiger partial charge >= 0.3 is 5.97 Å². The highest BCUT2D eigenvalue weighted by atomic mass is 16.4. The summed E-state index contributed by atoms with van der Waals surface area (Å²) in [6.45, 7) is 9.38. The van der Waals surface area contributed by atoms with Crippen LogP contribution in [0.4, 0.5) is 0 Å². The first-order valence-corrected chi connectivity index (χ1v) is 8.82. The summed E-state index contributed by atoms with van der Waals surface area (Å²) in [5.41, 5.74) is 0.448. The van der Waals surface area contributed by atoms with Gasteiger partial charge in [0, 0.05) is 12.5 Å². The Balaban J connectivity index is 1.80. The third kappa shape index (κ3) is 4.98. The predicted octanol–water partition coefficient (Wildman–Crippen LogP) is 4.17. The molecule has 1 saturated carbocycles. The lowest BCUT2D eigenvalue weighted by molar-refractivity contribution is -0.138. The Morgan fingerprint density at radius 2 is 1.71 bits per heavy atom. The summed E-state index contributed by atoms with van der Waals surface area (Å²) >= 11 is 0. The Kier molecular flexibility index (Phi) is 5.70. The van der Waals surface area contributed by atoms with Crippen molar-refractivity contribution >= 4 is 5.97 Å². The predicted molar refractivity (Wildman–Crippen MR) is 86.4 cm³/mol. The van der Waals surface area contributed by atoms with E-state index in [0.29, 0.717) is 17.8 Å². The van der Waals surface area contributed by atoms with Gasteiger partial charge in [-0.25, -0.2) is 0 Å². The minimum Gasteiger partial charge on any atom is -0.481 e. The number of carbonyl (C=O) groups is 1. The Bertz CT molecular complexity index is 340. The van der Waals surface area contributed by atoms with E-state index in [0.717, 1.165) is 37.9 Å². The van der Waals surface area contributed by atoms with Crippen LogP contribution < -0.4 is 0 Å². The van der Waals surface area contributed by atoms with Gasteiger partial charge in [0.2, 0.25) is 0 Å². The van der Waals surface area contributed by atoms with Crippen molar-refractivity contribution in [2.45, 2.75) is 78.2 Å². The van der Waals surface area contributed by atoms with Gasteiger partial charge in [0.15, 0.2) is 0 Å². The van der Waals surface area contributed by atoms with Crippen LogP contribution in [0.5, 0.6) is 0 Å². The molecular weight excluding hydrogens is 262 g/mol. The fourth-order valence-corrected chi connectivity index (χ4v) is 4.28. The zero-order valence-electron chi connectivity index (χ0n) is 14.1. The Hall–Kier alpha value is -0.570. The fourth-order valence-electron chi connectivity index (χ4n) is 4.28. The van der Waals surface area contributed by atoms with E-state index in [1.807, 2.05) is 0 Å². The van der Waals surface area contributed by atoms with E-state index >= 15 is 0 Å². The van der Waals surface area contributed by atoms with Crippen LogP contribution in [-0.2, 0) is 4.79 Å². The van der Waals surface area contributed by atoms with Crippen LogP contribution in [0.1, 0.15) is 72.1 Å². The van der Waals surface area contributed by atoms with Gasteiger partial charge < -0.3 is 10.0 Å². The molecule has 0 aromatic carbocycles. The first-order valence-electron chi connectivity index (χ1n) is 8.82. The lowest BCUT2D eigenvalue weighted by Crippen LogP contribution is -2.41. The molecule has 21 heavy (non-hydrogen) atoms. The van der Waals surface area contributed by atoms with Gasteiger partial charge in [-0.2, -0.15) is 0 Å². The summed E-state index contributed by atoms with van der Waals surface area (Å²) in [6, 6.07) is 0.753. The normalized spacial score (nSPS) is 30.0. The molecule has 0 amide bonds. The SMILES string of the molecule is CC(C)(C)C1CCCC(N2CCC(CC(=O)O)CC2)CC1. The van der Waals surface area contributed by atoms with Crippen molar-refractivity contribution in [1.29, 1.82) is 0 Å². The molecule has 1 saturated heterocycles. The van der Waals surface area contributed by atoms with Gasteiger partial charge in [0.1, 0.15) is 0 Å². The van der Waals surface area contributed by atoms with Crippen molar-refractivity contribution in [3.8, 4) is 0 Å². The number of piperidine rings is 1. The molecule has 2 rings (SSSR count). The Morgan fingerprint density at radius 1 is 1.05 bits per heavy atom. The minimum atomic E-state index is -0.629. The van der Waals surface area contributed by atoms with Crippen molar-refractivity contribution < 1.29 is 9.90 Å².